The molecule has 45 heavy (non-hydrogen) atoms. The number of nitrogens with zero attached hydrogens (tertiary/aromatic N) is 6. The number of halogens is 3. The van der Waals surface area contributed by atoms with Gasteiger partial charge in [-0.2, -0.15) is 23.7 Å². The lowest BCUT2D eigenvalue weighted by Crippen LogP contribution is -2.41. The Morgan fingerprint density at radius 2 is 1.80 bits per heavy atom. The zero-order valence-corrected chi connectivity index (χ0v) is 25.8. The fourth-order valence-corrected chi connectivity index (χ4v) is 7.12. The number of carbonyl (C=O) groups excluding carboxylic acids is 2. The molecule has 2 aliphatic rings. The van der Waals surface area contributed by atoms with E-state index in [2.05, 4.69) is 6.07 Å². The summed E-state index contributed by atoms with van der Waals surface area (Å²) >= 11 is 2.40. The Balaban J connectivity index is 1.52. The van der Waals surface area contributed by atoms with Crippen LogP contribution in [-0.2, 0) is 16.1 Å². The van der Waals surface area contributed by atoms with Gasteiger partial charge < -0.3 is 9.80 Å². The number of amidine groups is 1. The van der Waals surface area contributed by atoms with Crippen LogP contribution in [-0.4, -0.2) is 41.7 Å². The molecule has 0 radical (unpaired) electrons. The molecule has 1 saturated heterocycles. The summed E-state index contributed by atoms with van der Waals surface area (Å²) in [5.41, 5.74) is 3.42. The predicted octanol–water partition coefficient (Wildman–Crippen LogP) is 7.24. The highest BCUT2D eigenvalue weighted by molar-refractivity contribution is 8.19. The number of amides is 2. The van der Waals surface area contributed by atoms with Gasteiger partial charge in [-0.1, -0.05) is 48.2 Å². The molecule has 228 valence electrons. The van der Waals surface area contributed by atoms with Gasteiger partial charge in [0.15, 0.2) is 5.17 Å². The molecule has 2 heterocycles. The van der Waals surface area contributed by atoms with E-state index < -0.39 is 12.1 Å². The third-order valence-electron chi connectivity index (χ3n) is 7.08. The number of unbranched alkanes of at least 4 members (excludes halogenated alkanes) is 1. The Morgan fingerprint density at radius 1 is 1.04 bits per heavy atom. The van der Waals surface area contributed by atoms with Gasteiger partial charge in [0.2, 0.25) is 0 Å². The molecule has 0 N–H and O–H groups in total. The van der Waals surface area contributed by atoms with E-state index >= 15 is 0 Å². The normalized spacial score (nSPS) is 17.0. The van der Waals surface area contributed by atoms with Crippen LogP contribution in [0.15, 0.2) is 86.6 Å². The highest BCUT2D eigenvalue weighted by Gasteiger charge is 2.44. The highest BCUT2D eigenvalue weighted by Crippen LogP contribution is 2.51. The molecular formula is C32H25F3N6O2S2. The van der Waals surface area contributed by atoms with Gasteiger partial charge in [-0.05, 0) is 66.6 Å². The van der Waals surface area contributed by atoms with Crippen molar-refractivity contribution in [1.29, 1.82) is 10.5 Å². The number of fused-ring (bicyclic) bond motifs is 1. The van der Waals surface area contributed by atoms with Crippen molar-refractivity contribution in [3.8, 4) is 12.1 Å². The van der Waals surface area contributed by atoms with Crippen LogP contribution in [0.25, 0.3) is 0 Å². The van der Waals surface area contributed by atoms with Gasteiger partial charge in [0.05, 0.1) is 40.7 Å². The summed E-state index contributed by atoms with van der Waals surface area (Å²) in [5, 5.41) is 19.3. The van der Waals surface area contributed by atoms with Gasteiger partial charge in [-0.25, -0.2) is 4.99 Å². The maximum absolute atomic E-state index is 14.0. The number of hydrogen-bond donors (Lipinski definition) is 0. The van der Waals surface area contributed by atoms with E-state index in [4.69, 9.17) is 10.3 Å². The molecule has 3 aromatic rings. The van der Waals surface area contributed by atoms with Gasteiger partial charge in [0.1, 0.15) is 4.91 Å². The highest BCUT2D eigenvalue weighted by atomic mass is 32.2. The number of aliphatic imine (C=N–C) groups is 1. The minimum atomic E-state index is -5.08. The van der Waals surface area contributed by atoms with Gasteiger partial charge in [0, 0.05) is 30.6 Å². The Kier molecular flexibility index (Phi) is 9.23. The molecular weight excluding hydrogens is 622 g/mol. The third kappa shape index (κ3) is 6.70. The molecule has 8 nitrogen and oxygen atoms in total. The van der Waals surface area contributed by atoms with Crippen LogP contribution in [0.4, 0.5) is 30.2 Å². The number of hydrogen-bond acceptors (Lipinski definition) is 8. The van der Waals surface area contributed by atoms with Crippen molar-refractivity contribution in [2.24, 2.45) is 4.99 Å². The topological polar surface area (TPSA) is 104 Å². The first-order valence-corrected chi connectivity index (χ1v) is 15.3. The number of thioether (sulfide) groups is 2. The smallest absolute Gasteiger partial charge is 0.337 e. The molecule has 0 spiro atoms. The molecule has 13 heteroatoms. The number of anilines is 2. The minimum absolute atomic E-state index is 0.00332. The van der Waals surface area contributed by atoms with E-state index in [1.165, 1.54) is 35.7 Å². The van der Waals surface area contributed by atoms with E-state index in [0.717, 1.165) is 11.1 Å². The molecule has 0 aliphatic carbocycles. The summed E-state index contributed by atoms with van der Waals surface area (Å²) in [6, 6.07) is 23.1. The SMILES string of the molecule is Cc1ccc(C#N)cc1N=C1SC(=C2Sc3cc(N(CCCC#N)C(=O)C(F)(F)F)ccc3N2C)C(=O)N1Cc1ccccc1. The molecule has 0 unspecified atom stereocenters. The summed E-state index contributed by atoms with van der Waals surface area (Å²) in [5.74, 6) is -2.30. The standard InChI is InChI=1S/C32H25F3N6O2S2/c1-20-10-11-22(18-37)16-24(20)38-31-41(19-21-8-4-3-5-9-21)28(42)27(45-31)29-39(2)25-13-12-23(17-26(25)44-29)40(15-7-6-14-36)30(43)32(33,34)35/h3-5,8-13,16-17H,6-7,15,19H2,1-2H3. The Hall–Kier alpha value is -4.72. The summed E-state index contributed by atoms with van der Waals surface area (Å²) in [6.45, 7) is 1.85. The van der Waals surface area contributed by atoms with Gasteiger partial charge in [0.25, 0.3) is 5.91 Å². The molecule has 1 fully saturated rings. The molecule has 5 rings (SSSR count). The average Bonchev–Trinajstić information content (AvgIpc) is 3.51. The number of benzene rings is 3. The van der Waals surface area contributed by atoms with Gasteiger partial charge >= 0.3 is 12.1 Å². The Bertz CT molecular complexity index is 1810. The second-order valence-electron chi connectivity index (χ2n) is 10.2. The molecule has 0 bridgehead atoms. The number of aryl methyl sites for hydroxylation is 1. The first-order valence-electron chi connectivity index (χ1n) is 13.7. The van der Waals surface area contributed by atoms with E-state index in [0.29, 0.717) is 41.8 Å². The summed E-state index contributed by atoms with van der Waals surface area (Å²) in [4.78, 5) is 36.0. The summed E-state index contributed by atoms with van der Waals surface area (Å²) < 4.78 is 40.3. The van der Waals surface area contributed by atoms with Gasteiger partial charge in [-0.3, -0.25) is 14.5 Å². The van der Waals surface area contributed by atoms with E-state index in [1.807, 2.05) is 43.3 Å². The number of nitriles is 2. The fraction of sp³-hybridized carbons (Fsp3) is 0.219. The number of rotatable bonds is 7. The Labute approximate surface area is 266 Å². The summed E-state index contributed by atoms with van der Waals surface area (Å²) in [7, 11) is 1.76. The third-order valence-corrected chi connectivity index (χ3v) is 9.50. The predicted molar refractivity (Wildman–Crippen MR) is 169 cm³/mol. The van der Waals surface area contributed by atoms with Gasteiger partial charge in [-0.15, -0.1) is 0 Å². The first kappa shape index (κ1) is 31.7. The van der Waals surface area contributed by atoms with Crippen LogP contribution in [0.2, 0.25) is 0 Å². The van der Waals surface area contributed by atoms with Crippen molar-refractivity contribution >= 4 is 57.6 Å². The lowest BCUT2D eigenvalue weighted by Gasteiger charge is -2.24. The molecule has 0 saturated carbocycles. The molecule has 0 aromatic heterocycles. The summed E-state index contributed by atoms with van der Waals surface area (Å²) in [6.07, 6.45) is -5.00. The monoisotopic (exact) mass is 646 g/mol. The van der Waals surface area contributed by atoms with Crippen molar-refractivity contribution in [3.05, 3.63) is 93.4 Å². The van der Waals surface area contributed by atoms with E-state index in [9.17, 15) is 28.0 Å². The average molecular weight is 647 g/mol. The van der Waals surface area contributed by atoms with Crippen molar-refractivity contribution in [2.45, 2.75) is 37.4 Å². The second kappa shape index (κ2) is 13.1. The van der Waals surface area contributed by atoms with Crippen molar-refractivity contribution in [1.82, 2.24) is 4.90 Å². The van der Waals surface area contributed by atoms with Crippen molar-refractivity contribution < 1.29 is 22.8 Å². The lowest BCUT2D eigenvalue weighted by molar-refractivity contribution is -0.170. The zero-order chi connectivity index (χ0) is 32.3. The van der Waals surface area contributed by atoms with E-state index in [1.54, 1.807) is 41.1 Å². The molecule has 3 aromatic carbocycles. The quantitative estimate of drug-likeness (QED) is 0.197. The van der Waals surface area contributed by atoms with Crippen LogP contribution in [0, 0.1) is 29.6 Å². The lowest BCUT2D eigenvalue weighted by atomic mass is 10.1. The van der Waals surface area contributed by atoms with Crippen LogP contribution >= 0.6 is 23.5 Å². The second-order valence-corrected chi connectivity index (χ2v) is 12.2. The van der Waals surface area contributed by atoms with Crippen molar-refractivity contribution in [2.75, 3.05) is 23.4 Å². The molecule has 0 atom stereocenters. The van der Waals surface area contributed by atoms with Crippen molar-refractivity contribution in [3.63, 3.8) is 0 Å². The van der Waals surface area contributed by atoms with E-state index in [-0.39, 0.29) is 37.5 Å². The van der Waals surface area contributed by atoms with Crippen LogP contribution in [0.1, 0.15) is 29.5 Å². The molecule has 2 aliphatic heterocycles. The van der Waals surface area contributed by atoms with Crippen LogP contribution in [0.3, 0.4) is 0 Å². The minimum Gasteiger partial charge on any atom is -0.337 e. The first-order chi connectivity index (χ1) is 21.5. The maximum Gasteiger partial charge on any atom is 0.471 e. The zero-order valence-electron chi connectivity index (χ0n) is 24.1. The number of alkyl halides is 3. The fourth-order valence-electron chi connectivity index (χ4n) is 4.75. The van der Waals surface area contributed by atoms with Crippen LogP contribution < -0.4 is 9.80 Å². The number of carbonyl (C=O) groups is 2. The largest absolute Gasteiger partial charge is 0.471 e. The maximum atomic E-state index is 14.0. The molecule has 2 amide bonds. The Morgan fingerprint density at radius 3 is 2.49 bits per heavy atom. The van der Waals surface area contributed by atoms with Crippen LogP contribution in [0.5, 0.6) is 0 Å².